The van der Waals surface area contributed by atoms with Gasteiger partial charge in [-0.2, -0.15) is 5.10 Å². The molecule has 3 nitrogen and oxygen atoms in total. The Morgan fingerprint density at radius 3 is 2.47 bits per heavy atom. The Balaban J connectivity index is 1.90. The molecule has 0 heterocycles. The van der Waals surface area contributed by atoms with Gasteiger partial charge in [-0.3, -0.25) is 5.43 Å². The van der Waals surface area contributed by atoms with Crippen molar-refractivity contribution in [3.63, 3.8) is 0 Å². The average Bonchev–Trinajstić information content (AvgIpc) is 2.38. The van der Waals surface area contributed by atoms with Crippen LogP contribution in [0, 0.1) is 0 Å². The van der Waals surface area contributed by atoms with Crippen LogP contribution in [-0.2, 0) is 0 Å². The molecule has 3 N–H and O–H groups in total. The molecule has 2 rings (SSSR count). The number of hydrogen-bond acceptors (Lipinski definition) is 2. The van der Waals surface area contributed by atoms with Crippen LogP contribution in [-0.4, -0.2) is 10.8 Å². The Kier molecular flexibility index (Phi) is 4.09. The molecular weight excluding hydrogens is 230 g/mol. The van der Waals surface area contributed by atoms with Gasteiger partial charge < -0.3 is 5.73 Å². The second-order valence-corrected chi connectivity index (χ2v) is 4.78. The van der Waals surface area contributed by atoms with Gasteiger partial charge in [0.05, 0.1) is 0 Å². The van der Waals surface area contributed by atoms with E-state index in [2.05, 4.69) is 40.9 Å². The fourth-order valence-corrected chi connectivity index (χ4v) is 2.30. The summed E-state index contributed by atoms with van der Waals surface area (Å²) in [7, 11) is 0. The minimum atomic E-state index is 0.239. The molecule has 1 fully saturated rings. The first kappa shape index (κ1) is 12.0. The van der Waals surface area contributed by atoms with E-state index in [4.69, 9.17) is 18.0 Å². The molecule has 17 heavy (non-hydrogen) atoms. The van der Waals surface area contributed by atoms with Crippen LogP contribution < -0.4 is 11.2 Å². The molecule has 0 aromatic heterocycles. The molecule has 0 saturated heterocycles. The molecule has 0 atom stereocenters. The van der Waals surface area contributed by atoms with Crippen molar-refractivity contribution in [2.24, 2.45) is 10.8 Å². The third-order valence-corrected chi connectivity index (χ3v) is 3.25. The molecule has 0 aliphatic heterocycles. The van der Waals surface area contributed by atoms with E-state index in [-0.39, 0.29) is 5.11 Å². The SMILES string of the molecule is NC(=S)NN=C1CCC(c2ccccc2)CC1. The predicted molar refractivity (Wildman–Crippen MR) is 75.0 cm³/mol. The van der Waals surface area contributed by atoms with Gasteiger partial charge in [0.15, 0.2) is 5.11 Å². The van der Waals surface area contributed by atoms with E-state index in [1.54, 1.807) is 0 Å². The number of nitrogens with one attached hydrogen (secondary N) is 1. The first-order valence-corrected chi connectivity index (χ1v) is 6.32. The third kappa shape index (κ3) is 3.53. The first-order chi connectivity index (χ1) is 8.25. The van der Waals surface area contributed by atoms with E-state index in [1.165, 1.54) is 11.3 Å². The molecule has 1 aromatic rings. The molecule has 1 aromatic carbocycles. The normalized spacial score (nSPS) is 19.8. The maximum absolute atomic E-state index is 5.34. The Morgan fingerprint density at radius 2 is 1.88 bits per heavy atom. The van der Waals surface area contributed by atoms with Gasteiger partial charge in [0.2, 0.25) is 0 Å². The second-order valence-electron chi connectivity index (χ2n) is 4.34. The number of rotatable bonds is 2. The number of hydrazone groups is 1. The first-order valence-electron chi connectivity index (χ1n) is 5.91. The Bertz CT molecular complexity index is 404. The van der Waals surface area contributed by atoms with Crippen LogP contribution in [0.2, 0.25) is 0 Å². The van der Waals surface area contributed by atoms with Crippen LogP contribution in [0.15, 0.2) is 35.4 Å². The van der Waals surface area contributed by atoms with Gasteiger partial charge in [0.1, 0.15) is 0 Å². The zero-order chi connectivity index (χ0) is 12.1. The quantitative estimate of drug-likeness (QED) is 0.623. The molecule has 0 unspecified atom stereocenters. The smallest absolute Gasteiger partial charge is 0.184 e. The lowest BCUT2D eigenvalue weighted by atomic mass is 9.83. The van der Waals surface area contributed by atoms with Crippen molar-refractivity contribution in [2.45, 2.75) is 31.6 Å². The number of thiocarbonyl (C=S) groups is 1. The van der Waals surface area contributed by atoms with Crippen LogP contribution >= 0.6 is 12.2 Å². The summed E-state index contributed by atoms with van der Waals surface area (Å²) in [6.07, 6.45) is 4.36. The van der Waals surface area contributed by atoms with Gasteiger partial charge in [-0.15, -0.1) is 0 Å². The maximum Gasteiger partial charge on any atom is 0.184 e. The van der Waals surface area contributed by atoms with E-state index in [0.29, 0.717) is 5.92 Å². The molecule has 4 heteroatoms. The van der Waals surface area contributed by atoms with Crippen LogP contribution in [0.5, 0.6) is 0 Å². The van der Waals surface area contributed by atoms with Gasteiger partial charge in [-0.1, -0.05) is 30.3 Å². The summed E-state index contributed by atoms with van der Waals surface area (Å²) in [5, 5.41) is 4.45. The van der Waals surface area contributed by atoms with Crippen molar-refractivity contribution in [3.8, 4) is 0 Å². The van der Waals surface area contributed by atoms with Crippen molar-refractivity contribution in [1.82, 2.24) is 5.43 Å². The lowest BCUT2D eigenvalue weighted by Gasteiger charge is -2.23. The van der Waals surface area contributed by atoms with E-state index in [0.717, 1.165) is 25.7 Å². The van der Waals surface area contributed by atoms with Gasteiger partial charge in [0, 0.05) is 5.71 Å². The standard InChI is InChI=1S/C13H17N3S/c14-13(17)16-15-12-8-6-11(7-9-12)10-4-2-1-3-5-10/h1-5,11H,6-9H2,(H3,14,16,17). The van der Waals surface area contributed by atoms with Crippen molar-refractivity contribution < 1.29 is 0 Å². The summed E-state index contributed by atoms with van der Waals surface area (Å²) in [6.45, 7) is 0. The number of nitrogens with zero attached hydrogens (tertiary/aromatic N) is 1. The Labute approximate surface area is 107 Å². The van der Waals surface area contributed by atoms with Gasteiger partial charge in [-0.25, -0.2) is 0 Å². The molecule has 0 radical (unpaired) electrons. The minimum Gasteiger partial charge on any atom is -0.375 e. The monoisotopic (exact) mass is 247 g/mol. The third-order valence-electron chi connectivity index (χ3n) is 3.16. The van der Waals surface area contributed by atoms with E-state index in [1.807, 2.05) is 0 Å². The summed E-state index contributed by atoms with van der Waals surface area (Å²) in [5.41, 5.74) is 10.6. The lowest BCUT2D eigenvalue weighted by molar-refractivity contribution is 0.564. The summed E-state index contributed by atoms with van der Waals surface area (Å²) in [4.78, 5) is 0. The van der Waals surface area contributed by atoms with Crippen molar-refractivity contribution in [1.29, 1.82) is 0 Å². The van der Waals surface area contributed by atoms with Gasteiger partial charge in [0.25, 0.3) is 0 Å². The number of nitrogens with two attached hydrogens (primary N) is 1. The van der Waals surface area contributed by atoms with E-state index >= 15 is 0 Å². The minimum absolute atomic E-state index is 0.239. The highest BCUT2D eigenvalue weighted by molar-refractivity contribution is 7.80. The zero-order valence-electron chi connectivity index (χ0n) is 9.73. The van der Waals surface area contributed by atoms with Crippen molar-refractivity contribution in [2.75, 3.05) is 0 Å². The highest BCUT2D eigenvalue weighted by Crippen LogP contribution is 2.31. The van der Waals surface area contributed by atoms with Crippen molar-refractivity contribution >= 4 is 23.0 Å². The van der Waals surface area contributed by atoms with E-state index < -0.39 is 0 Å². The second kappa shape index (κ2) is 5.77. The summed E-state index contributed by atoms with van der Waals surface area (Å²) in [6, 6.07) is 10.7. The lowest BCUT2D eigenvalue weighted by Crippen LogP contribution is -2.26. The molecular formula is C13H17N3S. The number of hydrogen-bond donors (Lipinski definition) is 2. The van der Waals surface area contributed by atoms with Crippen LogP contribution in [0.4, 0.5) is 0 Å². The zero-order valence-corrected chi connectivity index (χ0v) is 10.5. The molecule has 90 valence electrons. The van der Waals surface area contributed by atoms with Crippen LogP contribution in [0.1, 0.15) is 37.2 Å². The van der Waals surface area contributed by atoms with Crippen molar-refractivity contribution in [3.05, 3.63) is 35.9 Å². The Morgan fingerprint density at radius 1 is 1.24 bits per heavy atom. The largest absolute Gasteiger partial charge is 0.375 e. The fourth-order valence-electron chi connectivity index (χ4n) is 2.26. The molecule has 1 aliphatic rings. The van der Waals surface area contributed by atoms with E-state index in [9.17, 15) is 0 Å². The highest BCUT2D eigenvalue weighted by atomic mass is 32.1. The average molecular weight is 247 g/mol. The summed E-state index contributed by atoms with van der Waals surface area (Å²) in [5.74, 6) is 0.667. The van der Waals surface area contributed by atoms with Gasteiger partial charge >= 0.3 is 0 Å². The Hall–Kier alpha value is -1.42. The maximum atomic E-state index is 5.34. The molecule has 0 amide bonds. The molecule has 0 spiro atoms. The van der Waals surface area contributed by atoms with Crippen LogP contribution in [0.3, 0.4) is 0 Å². The molecule has 1 aliphatic carbocycles. The fraction of sp³-hybridized carbons (Fsp3) is 0.385. The summed E-state index contributed by atoms with van der Waals surface area (Å²) < 4.78 is 0. The molecule has 1 saturated carbocycles. The number of benzene rings is 1. The van der Waals surface area contributed by atoms with Gasteiger partial charge in [-0.05, 0) is 49.4 Å². The highest BCUT2D eigenvalue weighted by Gasteiger charge is 2.18. The summed E-state index contributed by atoms with van der Waals surface area (Å²) >= 11 is 4.72. The topological polar surface area (TPSA) is 50.4 Å². The molecule has 0 bridgehead atoms. The predicted octanol–water partition coefficient (Wildman–Crippen LogP) is 2.53. The van der Waals surface area contributed by atoms with Crippen LogP contribution in [0.25, 0.3) is 0 Å².